The molecular formula is C23H27ClN2O2S. The summed E-state index contributed by atoms with van der Waals surface area (Å²) in [6.45, 7) is 3.79. The van der Waals surface area contributed by atoms with Crippen LogP contribution in [0, 0.1) is 12.8 Å². The van der Waals surface area contributed by atoms with Crippen LogP contribution < -0.4 is 10.6 Å². The molecule has 4 nitrogen and oxygen atoms in total. The molecule has 1 aliphatic carbocycles. The lowest BCUT2D eigenvalue weighted by atomic mass is 9.88. The molecule has 0 radical (unpaired) electrons. The monoisotopic (exact) mass is 430 g/mol. The van der Waals surface area contributed by atoms with E-state index >= 15 is 0 Å². The Morgan fingerprint density at radius 2 is 1.66 bits per heavy atom. The first kappa shape index (κ1) is 21.7. The highest BCUT2D eigenvalue weighted by Gasteiger charge is 2.21. The van der Waals surface area contributed by atoms with E-state index in [2.05, 4.69) is 10.6 Å². The van der Waals surface area contributed by atoms with Gasteiger partial charge in [0.05, 0.1) is 5.25 Å². The van der Waals surface area contributed by atoms with Crippen LogP contribution in [-0.4, -0.2) is 17.1 Å². The summed E-state index contributed by atoms with van der Waals surface area (Å²) in [7, 11) is 0. The van der Waals surface area contributed by atoms with Gasteiger partial charge in [0.1, 0.15) is 0 Å². The molecule has 0 spiro atoms. The second-order valence-electron chi connectivity index (χ2n) is 7.56. The fraction of sp³-hybridized carbons (Fsp3) is 0.391. The summed E-state index contributed by atoms with van der Waals surface area (Å²) < 4.78 is 0. The van der Waals surface area contributed by atoms with Gasteiger partial charge in [-0.05, 0) is 68.7 Å². The highest BCUT2D eigenvalue weighted by atomic mass is 35.5. The Hall–Kier alpha value is -1.98. The maximum absolute atomic E-state index is 12.5. The molecule has 3 rings (SSSR count). The van der Waals surface area contributed by atoms with E-state index in [1.807, 2.05) is 50.2 Å². The van der Waals surface area contributed by atoms with Crippen molar-refractivity contribution in [2.24, 2.45) is 5.92 Å². The second-order valence-corrected chi connectivity index (χ2v) is 9.38. The van der Waals surface area contributed by atoms with Crippen molar-refractivity contribution >= 4 is 46.6 Å². The molecule has 1 atom stereocenters. The molecule has 2 aromatic carbocycles. The molecule has 0 bridgehead atoms. The van der Waals surface area contributed by atoms with E-state index in [4.69, 9.17) is 11.6 Å². The number of aryl methyl sites for hydroxylation is 1. The molecule has 6 heteroatoms. The maximum Gasteiger partial charge on any atom is 0.237 e. The number of rotatable bonds is 6. The molecule has 2 aromatic rings. The van der Waals surface area contributed by atoms with Crippen molar-refractivity contribution in [1.82, 2.24) is 0 Å². The summed E-state index contributed by atoms with van der Waals surface area (Å²) in [6.07, 6.45) is 5.49. The quantitative estimate of drug-likeness (QED) is 0.529. The predicted octanol–water partition coefficient (Wildman–Crippen LogP) is 6.29. The fourth-order valence-electron chi connectivity index (χ4n) is 3.40. The summed E-state index contributed by atoms with van der Waals surface area (Å²) in [6, 6.07) is 13.2. The molecule has 2 N–H and O–H groups in total. The number of nitrogens with one attached hydrogen (secondary N) is 2. The van der Waals surface area contributed by atoms with E-state index in [0.29, 0.717) is 10.7 Å². The van der Waals surface area contributed by atoms with Gasteiger partial charge in [0, 0.05) is 27.2 Å². The van der Waals surface area contributed by atoms with Crippen molar-refractivity contribution in [1.29, 1.82) is 0 Å². The van der Waals surface area contributed by atoms with E-state index in [1.165, 1.54) is 18.2 Å². The number of benzene rings is 2. The van der Waals surface area contributed by atoms with Gasteiger partial charge < -0.3 is 10.6 Å². The van der Waals surface area contributed by atoms with Crippen LogP contribution in [0.4, 0.5) is 11.4 Å². The number of carbonyl (C=O) groups excluding carboxylic acids is 2. The van der Waals surface area contributed by atoms with E-state index < -0.39 is 0 Å². The number of hydrogen-bond acceptors (Lipinski definition) is 3. The summed E-state index contributed by atoms with van der Waals surface area (Å²) in [4.78, 5) is 25.8. The number of hydrogen-bond donors (Lipinski definition) is 2. The number of anilines is 2. The van der Waals surface area contributed by atoms with Gasteiger partial charge in [-0.2, -0.15) is 0 Å². The Morgan fingerprint density at radius 1 is 1.00 bits per heavy atom. The molecule has 1 unspecified atom stereocenters. The van der Waals surface area contributed by atoms with E-state index in [0.717, 1.165) is 41.8 Å². The lowest BCUT2D eigenvalue weighted by Crippen LogP contribution is -2.24. The zero-order valence-electron chi connectivity index (χ0n) is 16.8. The molecule has 2 amide bonds. The molecule has 1 fully saturated rings. The van der Waals surface area contributed by atoms with Crippen molar-refractivity contribution in [3.05, 3.63) is 53.1 Å². The summed E-state index contributed by atoms with van der Waals surface area (Å²) in [5.74, 6) is 0.177. The van der Waals surface area contributed by atoms with Gasteiger partial charge in [-0.25, -0.2) is 0 Å². The third-order valence-electron chi connectivity index (χ3n) is 5.22. The molecule has 0 heterocycles. The lowest BCUT2D eigenvalue weighted by molar-refractivity contribution is -0.120. The third kappa shape index (κ3) is 6.25. The second kappa shape index (κ2) is 10.2. The Labute approximate surface area is 181 Å². The van der Waals surface area contributed by atoms with Crippen molar-refractivity contribution in [3.63, 3.8) is 0 Å². The van der Waals surface area contributed by atoms with Crippen LogP contribution in [0.5, 0.6) is 0 Å². The van der Waals surface area contributed by atoms with Crippen molar-refractivity contribution in [2.75, 3.05) is 10.6 Å². The third-order valence-corrected chi connectivity index (χ3v) is 6.74. The van der Waals surface area contributed by atoms with Gasteiger partial charge in [-0.15, -0.1) is 11.8 Å². The average Bonchev–Trinajstić information content (AvgIpc) is 2.72. The predicted molar refractivity (Wildman–Crippen MR) is 122 cm³/mol. The SMILES string of the molecule is Cc1ccc(NC(=O)C(C)Sc2ccc(NC(=O)C3CCCCC3)cc2)cc1Cl. The molecule has 0 aromatic heterocycles. The van der Waals surface area contributed by atoms with E-state index in [1.54, 1.807) is 6.07 Å². The molecule has 0 saturated heterocycles. The normalized spacial score (nSPS) is 15.6. The Bertz CT molecular complexity index is 864. The zero-order chi connectivity index (χ0) is 20.8. The molecule has 0 aliphatic heterocycles. The first-order valence-corrected chi connectivity index (χ1v) is 11.3. The zero-order valence-corrected chi connectivity index (χ0v) is 18.4. The number of thioether (sulfide) groups is 1. The number of halogens is 1. The fourth-order valence-corrected chi connectivity index (χ4v) is 4.45. The Kier molecular flexibility index (Phi) is 7.62. The smallest absolute Gasteiger partial charge is 0.237 e. The minimum atomic E-state index is -0.266. The van der Waals surface area contributed by atoms with Crippen molar-refractivity contribution < 1.29 is 9.59 Å². The molecule has 1 saturated carbocycles. The van der Waals surface area contributed by atoms with Gasteiger partial charge >= 0.3 is 0 Å². The number of amides is 2. The van der Waals surface area contributed by atoms with Crippen LogP contribution in [-0.2, 0) is 9.59 Å². The first-order chi connectivity index (χ1) is 13.9. The minimum absolute atomic E-state index is 0.0791. The highest BCUT2D eigenvalue weighted by Crippen LogP contribution is 2.28. The largest absolute Gasteiger partial charge is 0.326 e. The standard InChI is InChI=1S/C23H27ClN2O2S/c1-15-8-9-19(14-21(15)24)26-22(27)16(2)29-20-12-10-18(11-13-20)25-23(28)17-6-4-3-5-7-17/h8-14,16-17H,3-7H2,1-2H3,(H,25,28)(H,26,27). The van der Waals surface area contributed by atoms with Crippen molar-refractivity contribution in [2.45, 2.75) is 56.1 Å². The van der Waals surface area contributed by atoms with Gasteiger partial charge in [0.2, 0.25) is 11.8 Å². The van der Waals surface area contributed by atoms with Gasteiger partial charge in [-0.3, -0.25) is 9.59 Å². The molecular weight excluding hydrogens is 404 g/mol. The maximum atomic E-state index is 12.5. The molecule has 154 valence electrons. The van der Waals surface area contributed by atoms with Crippen LogP contribution in [0.1, 0.15) is 44.6 Å². The van der Waals surface area contributed by atoms with Crippen LogP contribution >= 0.6 is 23.4 Å². The topological polar surface area (TPSA) is 58.2 Å². The summed E-state index contributed by atoms with van der Waals surface area (Å²) in [5, 5.41) is 6.29. The minimum Gasteiger partial charge on any atom is -0.326 e. The van der Waals surface area contributed by atoms with Crippen LogP contribution in [0.3, 0.4) is 0 Å². The Balaban J connectivity index is 1.52. The van der Waals surface area contributed by atoms with Gasteiger partial charge in [-0.1, -0.05) is 36.9 Å². The first-order valence-electron chi connectivity index (χ1n) is 10.1. The van der Waals surface area contributed by atoms with E-state index in [9.17, 15) is 9.59 Å². The lowest BCUT2D eigenvalue weighted by Gasteiger charge is -2.20. The van der Waals surface area contributed by atoms with Crippen LogP contribution in [0.2, 0.25) is 5.02 Å². The van der Waals surface area contributed by atoms with Crippen molar-refractivity contribution in [3.8, 4) is 0 Å². The number of carbonyl (C=O) groups is 2. The summed E-state index contributed by atoms with van der Waals surface area (Å²) >= 11 is 7.60. The molecule has 29 heavy (non-hydrogen) atoms. The molecule has 1 aliphatic rings. The summed E-state index contributed by atoms with van der Waals surface area (Å²) in [5.41, 5.74) is 2.47. The average molecular weight is 431 g/mol. The van der Waals surface area contributed by atoms with Gasteiger partial charge in [0.25, 0.3) is 0 Å². The van der Waals surface area contributed by atoms with Gasteiger partial charge in [0.15, 0.2) is 0 Å². The van der Waals surface area contributed by atoms with Crippen LogP contribution in [0.25, 0.3) is 0 Å². The Morgan fingerprint density at radius 3 is 2.31 bits per heavy atom. The highest BCUT2D eigenvalue weighted by molar-refractivity contribution is 8.00. The van der Waals surface area contributed by atoms with E-state index in [-0.39, 0.29) is 23.0 Å². The van der Waals surface area contributed by atoms with Crippen LogP contribution in [0.15, 0.2) is 47.4 Å².